The maximum Gasteiger partial charge on any atom is 0.238 e. The number of amides is 1. The van der Waals surface area contributed by atoms with Crippen LogP contribution in [0.2, 0.25) is 0 Å². The standard InChI is InChI=1S/C16H26N2O2/c1-13(2)12-20-9-5-8-17-11-16(19)18-15-7-4-6-14(3)10-15/h4,6-7,10,13,17H,5,8-9,11-12H2,1-3H3,(H,18,19). The third kappa shape index (κ3) is 7.92. The summed E-state index contributed by atoms with van der Waals surface area (Å²) in [5.41, 5.74) is 1.98. The van der Waals surface area contributed by atoms with E-state index in [1.807, 2.05) is 31.2 Å². The van der Waals surface area contributed by atoms with Crippen LogP contribution in [-0.4, -0.2) is 32.2 Å². The molecule has 0 aliphatic rings. The maximum atomic E-state index is 11.7. The Kier molecular flexibility index (Phi) is 7.92. The summed E-state index contributed by atoms with van der Waals surface area (Å²) in [6.07, 6.45) is 0.921. The van der Waals surface area contributed by atoms with Gasteiger partial charge in [-0.1, -0.05) is 26.0 Å². The molecule has 112 valence electrons. The molecule has 4 heteroatoms. The highest BCUT2D eigenvalue weighted by molar-refractivity contribution is 5.92. The number of hydrogen-bond acceptors (Lipinski definition) is 3. The minimum Gasteiger partial charge on any atom is -0.381 e. The molecule has 0 radical (unpaired) electrons. The molecule has 0 fully saturated rings. The zero-order chi connectivity index (χ0) is 14.8. The van der Waals surface area contributed by atoms with Crippen molar-refractivity contribution in [3.63, 3.8) is 0 Å². The van der Waals surface area contributed by atoms with Crippen molar-refractivity contribution >= 4 is 11.6 Å². The molecule has 0 atom stereocenters. The van der Waals surface area contributed by atoms with Crippen molar-refractivity contribution in [1.29, 1.82) is 0 Å². The van der Waals surface area contributed by atoms with Crippen molar-refractivity contribution in [2.75, 3.05) is 31.6 Å². The van der Waals surface area contributed by atoms with Crippen LogP contribution < -0.4 is 10.6 Å². The Morgan fingerprint density at radius 1 is 1.35 bits per heavy atom. The molecule has 0 aliphatic carbocycles. The van der Waals surface area contributed by atoms with Gasteiger partial charge in [-0.2, -0.15) is 0 Å². The van der Waals surface area contributed by atoms with Gasteiger partial charge in [-0.05, 0) is 43.5 Å². The van der Waals surface area contributed by atoms with Gasteiger partial charge in [0.1, 0.15) is 0 Å². The fraction of sp³-hybridized carbons (Fsp3) is 0.562. The Bertz CT molecular complexity index is 405. The molecular formula is C16H26N2O2. The summed E-state index contributed by atoms with van der Waals surface area (Å²) >= 11 is 0. The Balaban J connectivity index is 2.06. The van der Waals surface area contributed by atoms with E-state index in [0.29, 0.717) is 12.5 Å². The highest BCUT2D eigenvalue weighted by Crippen LogP contribution is 2.08. The number of ether oxygens (including phenoxy) is 1. The highest BCUT2D eigenvalue weighted by Gasteiger charge is 2.01. The second-order valence-corrected chi connectivity index (χ2v) is 5.42. The van der Waals surface area contributed by atoms with Crippen LogP contribution in [0.1, 0.15) is 25.8 Å². The van der Waals surface area contributed by atoms with Crippen LogP contribution in [0.5, 0.6) is 0 Å². The first-order valence-corrected chi connectivity index (χ1v) is 7.23. The molecule has 0 heterocycles. The fourth-order valence-corrected chi connectivity index (χ4v) is 1.75. The van der Waals surface area contributed by atoms with E-state index in [2.05, 4.69) is 24.5 Å². The molecule has 1 amide bonds. The predicted octanol–water partition coefficient (Wildman–Crippen LogP) is 2.59. The number of carbonyl (C=O) groups is 1. The molecule has 0 aliphatic heterocycles. The number of benzene rings is 1. The third-order valence-electron chi connectivity index (χ3n) is 2.68. The summed E-state index contributed by atoms with van der Waals surface area (Å²) in [5, 5.41) is 5.98. The average molecular weight is 278 g/mol. The summed E-state index contributed by atoms with van der Waals surface area (Å²) in [6, 6.07) is 7.79. The van der Waals surface area contributed by atoms with Gasteiger partial charge < -0.3 is 15.4 Å². The highest BCUT2D eigenvalue weighted by atomic mass is 16.5. The quantitative estimate of drug-likeness (QED) is 0.683. The van der Waals surface area contributed by atoms with Gasteiger partial charge in [0.2, 0.25) is 5.91 Å². The lowest BCUT2D eigenvalue weighted by Crippen LogP contribution is -2.29. The molecule has 2 N–H and O–H groups in total. The smallest absolute Gasteiger partial charge is 0.238 e. The lowest BCUT2D eigenvalue weighted by Gasteiger charge is -2.08. The van der Waals surface area contributed by atoms with E-state index in [-0.39, 0.29) is 5.91 Å². The second-order valence-electron chi connectivity index (χ2n) is 5.42. The first kappa shape index (κ1) is 16.7. The Morgan fingerprint density at radius 3 is 2.85 bits per heavy atom. The molecular weight excluding hydrogens is 252 g/mol. The number of aryl methyl sites for hydroxylation is 1. The Hall–Kier alpha value is -1.39. The lowest BCUT2D eigenvalue weighted by molar-refractivity contribution is -0.115. The van der Waals surface area contributed by atoms with Crippen molar-refractivity contribution in [3.05, 3.63) is 29.8 Å². The summed E-state index contributed by atoms with van der Waals surface area (Å²) < 4.78 is 5.47. The monoisotopic (exact) mass is 278 g/mol. The van der Waals surface area contributed by atoms with Crippen LogP contribution in [0.25, 0.3) is 0 Å². The van der Waals surface area contributed by atoms with Gasteiger partial charge in [0.05, 0.1) is 6.54 Å². The molecule has 0 saturated carbocycles. The summed E-state index contributed by atoms with van der Waals surface area (Å²) in [6.45, 7) is 8.93. The number of carbonyl (C=O) groups excluding carboxylic acids is 1. The zero-order valence-electron chi connectivity index (χ0n) is 12.7. The van der Waals surface area contributed by atoms with Gasteiger partial charge in [0, 0.05) is 18.9 Å². The lowest BCUT2D eigenvalue weighted by atomic mass is 10.2. The van der Waals surface area contributed by atoms with E-state index in [9.17, 15) is 4.79 Å². The predicted molar refractivity (Wildman–Crippen MR) is 83.0 cm³/mol. The fourth-order valence-electron chi connectivity index (χ4n) is 1.75. The second kappa shape index (κ2) is 9.50. The van der Waals surface area contributed by atoms with E-state index in [4.69, 9.17) is 4.74 Å². The molecule has 4 nitrogen and oxygen atoms in total. The van der Waals surface area contributed by atoms with E-state index in [0.717, 1.165) is 37.4 Å². The molecule has 0 aromatic heterocycles. The van der Waals surface area contributed by atoms with Crippen molar-refractivity contribution in [2.45, 2.75) is 27.2 Å². The summed E-state index contributed by atoms with van der Waals surface area (Å²) in [7, 11) is 0. The maximum absolute atomic E-state index is 11.7. The van der Waals surface area contributed by atoms with Crippen LogP contribution in [0, 0.1) is 12.8 Å². The summed E-state index contributed by atoms with van der Waals surface area (Å²) in [4.78, 5) is 11.7. The van der Waals surface area contributed by atoms with Crippen LogP contribution in [0.4, 0.5) is 5.69 Å². The van der Waals surface area contributed by atoms with Gasteiger partial charge in [-0.15, -0.1) is 0 Å². The van der Waals surface area contributed by atoms with Crippen molar-refractivity contribution in [1.82, 2.24) is 5.32 Å². The average Bonchev–Trinajstić information content (AvgIpc) is 2.37. The first-order valence-electron chi connectivity index (χ1n) is 7.23. The number of nitrogens with one attached hydrogen (secondary N) is 2. The van der Waals surface area contributed by atoms with Gasteiger partial charge in [-0.25, -0.2) is 0 Å². The topological polar surface area (TPSA) is 50.4 Å². The van der Waals surface area contributed by atoms with Gasteiger partial charge in [0.15, 0.2) is 0 Å². The van der Waals surface area contributed by atoms with Crippen LogP contribution >= 0.6 is 0 Å². The number of hydrogen-bond donors (Lipinski definition) is 2. The Morgan fingerprint density at radius 2 is 2.15 bits per heavy atom. The SMILES string of the molecule is Cc1cccc(NC(=O)CNCCCOCC(C)C)c1. The molecule has 1 rings (SSSR count). The minimum atomic E-state index is -0.0151. The zero-order valence-corrected chi connectivity index (χ0v) is 12.7. The van der Waals surface area contributed by atoms with Crippen molar-refractivity contribution < 1.29 is 9.53 Å². The molecule has 0 saturated heterocycles. The molecule has 0 spiro atoms. The largest absolute Gasteiger partial charge is 0.381 e. The van der Waals surface area contributed by atoms with Gasteiger partial charge >= 0.3 is 0 Å². The first-order chi connectivity index (χ1) is 9.58. The molecule has 0 unspecified atom stereocenters. The minimum absolute atomic E-state index is 0.0151. The third-order valence-corrected chi connectivity index (χ3v) is 2.68. The van der Waals surface area contributed by atoms with Gasteiger partial charge in [-0.3, -0.25) is 4.79 Å². The number of rotatable bonds is 9. The molecule has 1 aromatic carbocycles. The van der Waals surface area contributed by atoms with Crippen LogP contribution in [-0.2, 0) is 9.53 Å². The Labute approximate surface area is 121 Å². The van der Waals surface area contributed by atoms with E-state index in [1.165, 1.54) is 0 Å². The van der Waals surface area contributed by atoms with E-state index < -0.39 is 0 Å². The molecule has 0 bridgehead atoms. The molecule has 1 aromatic rings. The van der Waals surface area contributed by atoms with Crippen molar-refractivity contribution in [3.8, 4) is 0 Å². The van der Waals surface area contributed by atoms with Crippen molar-refractivity contribution in [2.24, 2.45) is 5.92 Å². The number of anilines is 1. The molecule has 20 heavy (non-hydrogen) atoms. The van der Waals surface area contributed by atoms with Gasteiger partial charge in [0.25, 0.3) is 0 Å². The summed E-state index contributed by atoms with van der Waals surface area (Å²) in [5.74, 6) is 0.557. The van der Waals surface area contributed by atoms with Crippen LogP contribution in [0.15, 0.2) is 24.3 Å². The van der Waals surface area contributed by atoms with E-state index in [1.54, 1.807) is 0 Å². The van der Waals surface area contributed by atoms with E-state index >= 15 is 0 Å². The van der Waals surface area contributed by atoms with Crippen LogP contribution in [0.3, 0.4) is 0 Å². The normalized spacial score (nSPS) is 10.8.